The number of rotatable bonds is 2. The fourth-order valence-electron chi connectivity index (χ4n) is 3.06. The second-order valence-corrected chi connectivity index (χ2v) is 7.01. The van der Waals surface area contributed by atoms with Crippen LogP contribution in [-0.4, -0.2) is 30.1 Å². The summed E-state index contributed by atoms with van der Waals surface area (Å²) in [4.78, 5) is 2.64. The zero-order valence-electron chi connectivity index (χ0n) is 9.63. The second-order valence-electron chi connectivity index (χ2n) is 4.91. The number of hydrogen-bond acceptors (Lipinski definition) is 2. The highest BCUT2D eigenvalue weighted by Crippen LogP contribution is 2.32. The Kier molecular flexibility index (Phi) is 3.64. The highest BCUT2D eigenvalue weighted by molar-refractivity contribution is 14.1. The molecular weight excluding hydrogens is 391 g/mol. The van der Waals surface area contributed by atoms with E-state index in [0.29, 0.717) is 6.04 Å². The first-order valence-corrected chi connectivity index (χ1v) is 8.07. The lowest BCUT2D eigenvalue weighted by molar-refractivity contribution is 0.318. The largest absolute Gasteiger partial charge is 0.380 e. The van der Waals surface area contributed by atoms with Crippen LogP contribution in [-0.2, 0) is 0 Å². The van der Waals surface area contributed by atoms with Gasteiger partial charge >= 0.3 is 0 Å². The van der Waals surface area contributed by atoms with Gasteiger partial charge in [-0.1, -0.05) is 0 Å². The van der Waals surface area contributed by atoms with Crippen molar-refractivity contribution in [3.8, 4) is 0 Å². The van der Waals surface area contributed by atoms with Crippen LogP contribution in [0.2, 0.25) is 0 Å². The van der Waals surface area contributed by atoms with E-state index in [4.69, 9.17) is 0 Å². The minimum absolute atomic E-state index is 0.631. The maximum atomic E-state index is 3.73. The van der Waals surface area contributed by atoms with E-state index < -0.39 is 0 Å². The lowest BCUT2D eigenvalue weighted by Gasteiger charge is -2.23. The third kappa shape index (κ3) is 2.49. The van der Waals surface area contributed by atoms with Crippen LogP contribution in [0.15, 0.2) is 22.7 Å². The Bertz CT molecular complexity index is 424. The molecule has 4 heteroatoms. The summed E-state index contributed by atoms with van der Waals surface area (Å²) in [5.41, 5.74) is 1.25. The molecule has 2 heterocycles. The predicted octanol–water partition coefficient (Wildman–Crippen LogP) is 3.70. The molecule has 3 rings (SSSR count). The van der Waals surface area contributed by atoms with E-state index >= 15 is 0 Å². The van der Waals surface area contributed by atoms with Crippen molar-refractivity contribution in [3.63, 3.8) is 0 Å². The van der Waals surface area contributed by atoms with Gasteiger partial charge in [0.05, 0.1) is 0 Å². The number of hydrogen-bond donors (Lipinski definition) is 1. The Morgan fingerprint density at radius 2 is 2.18 bits per heavy atom. The smallest absolute Gasteiger partial charge is 0.0497 e. The molecule has 2 aliphatic rings. The van der Waals surface area contributed by atoms with Crippen LogP contribution in [0.1, 0.15) is 19.3 Å². The van der Waals surface area contributed by atoms with Gasteiger partial charge in [-0.15, -0.1) is 0 Å². The van der Waals surface area contributed by atoms with Crippen molar-refractivity contribution < 1.29 is 0 Å². The summed E-state index contributed by atoms with van der Waals surface area (Å²) in [6.45, 7) is 2.57. The van der Waals surface area contributed by atoms with Crippen molar-refractivity contribution in [1.82, 2.24) is 4.90 Å². The molecule has 0 aliphatic carbocycles. The van der Waals surface area contributed by atoms with Gasteiger partial charge in [0.15, 0.2) is 0 Å². The molecule has 0 radical (unpaired) electrons. The van der Waals surface area contributed by atoms with E-state index in [0.717, 1.165) is 6.04 Å². The predicted molar refractivity (Wildman–Crippen MR) is 83.5 cm³/mol. The molecule has 1 aromatic rings. The Balaban J connectivity index is 1.76. The number of nitrogens with zero attached hydrogens (tertiary/aromatic N) is 1. The maximum Gasteiger partial charge on any atom is 0.0497 e. The average molecular weight is 407 g/mol. The van der Waals surface area contributed by atoms with Crippen molar-refractivity contribution in [2.75, 3.05) is 18.4 Å². The SMILES string of the molecule is Brc1ccc(I)cc1NC1CCN2CCCC12. The van der Waals surface area contributed by atoms with Gasteiger partial charge in [-0.2, -0.15) is 0 Å². The summed E-state index contributed by atoms with van der Waals surface area (Å²) >= 11 is 6.00. The molecule has 2 unspecified atom stereocenters. The summed E-state index contributed by atoms with van der Waals surface area (Å²) in [5.74, 6) is 0. The topological polar surface area (TPSA) is 15.3 Å². The Hall–Kier alpha value is 0.190. The normalized spacial score (nSPS) is 28.4. The molecule has 2 fully saturated rings. The van der Waals surface area contributed by atoms with Gasteiger partial charge in [0.2, 0.25) is 0 Å². The van der Waals surface area contributed by atoms with Gasteiger partial charge in [0, 0.05) is 32.4 Å². The van der Waals surface area contributed by atoms with Gasteiger partial charge < -0.3 is 5.32 Å². The quantitative estimate of drug-likeness (QED) is 0.753. The average Bonchev–Trinajstić information content (AvgIpc) is 2.88. The van der Waals surface area contributed by atoms with Crippen LogP contribution in [0, 0.1) is 3.57 Å². The van der Waals surface area contributed by atoms with Crippen molar-refractivity contribution in [3.05, 3.63) is 26.2 Å². The highest BCUT2D eigenvalue weighted by Gasteiger charge is 2.37. The van der Waals surface area contributed by atoms with Crippen molar-refractivity contribution in [2.45, 2.75) is 31.3 Å². The van der Waals surface area contributed by atoms with E-state index in [2.05, 4.69) is 66.9 Å². The van der Waals surface area contributed by atoms with Crippen molar-refractivity contribution in [2.24, 2.45) is 0 Å². The molecule has 0 spiro atoms. The number of benzene rings is 1. The molecule has 0 saturated carbocycles. The van der Waals surface area contributed by atoms with Gasteiger partial charge in [-0.3, -0.25) is 4.90 Å². The van der Waals surface area contributed by atoms with Crippen molar-refractivity contribution >= 4 is 44.2 Å². The summed E-state index contributed by atoms with van der Waals surface area (Å²) in [6, 6.07) is 7.88. The molecule has 1 aromatic carbocycles. The lowest BCUT2D eigenvalue weighted by Crippen LogP contribution is -2.33. The molecule has 17 heavy (non-hydrogen) atoms. The Morgan fingerprint density at radius 3 is 3.06 bits per heavy atom. The van der Waals surface area contributed by atoms with Gasteiger partial charge in [0.25, 0.3) is 0 Å². The van der Waals surface area contributed by atoms with Crippen LogP contribution in [0.3, 0.4) is 0 Å². The highest BCUT2D eigenvalue weighted by atomic mass is 127. The molecule has 2 nitrogen and oxygen atoms in total. The molecule has 0 aromatic heterocycles. The summed E-state index contributed by atoms with van der Waals surface area (Å²) in [6.07, 6.45) is 4.01. The molecule has 2 saturated heterocycles. The zero-order valence-corrected chi connectivity index (χ0v) is 13.4. The molecule has 92 valence electrons. The zero-order chi connectivity index (χ0) is 11.8. The second kappa shape index (κ2) is 5.05. The molecule has 2 aliphatic heterocycles. The maximum absolute atomic E-state index is 3.73. The number of fused-ring (bicyclic) bond motifs is 1. The van der Waals surface area contributed by atoms with E-state index in [1.54, 1.807) is 0 Å². The minimum Gasteiger partial charge on any atom is -0.380 e. The molecular formula is C13H16BrIN2. The Morgan fingerprint density at radius 1 is 1.29 bits per heavy atom. The molecule has 0 bridgehead atoms. The van der Waals surface area contributed by atoms with Gasteiger partial charge in [-0.05, 0) is 82.5 Å². The van der Waals surface area contributed by atoms with E-state index in [1.165, 1.54) is 46.1 Å². The summed E-state index contributed by atoms with van der Waals surface area (Å²) < 4.78 is 2.46. The van der Waals surface area contributed by atoms with Crippen LogP contribution >= 0.6 is 38.5 Å². The van der Waals surface area contributed by atoms with E-state index in [9.17, 15) is 0 Å². The number of halogens is 2. The number of nitrogens with one attached hydrogen (secondary N) is 1. The van der Waals surface area contributed by atoms with E-state index in [1.807, 2.05) is 0 Å². The third-order valence-corrected chi connectivity index (χ3v) is 5.24. The van der Waals surface area contributed by atoms with Crippen LogP contribution in [0.4, 0.5) is 5.69 Å². The fraction of sp³-hybridized carbons (Fsp3) is 0.538. The van der Waals surface area contributed by atoms with Gasteiger partial charge in [0.1, 0.15) is 0 Å². The molecule has 1 N–H and O–H groups in total. The van der Waals surface area contributed by atoms with Gasteiger partial charge in [-0.25, -0.2) is 0 Å². The van der Waals surface area contributed by atoms with Crippen molar-refractivity contribution in [1.29, 1.82) is 0 Å². The first-order valence-electron chi connectivity index (χ1n) is 6.20. The standard InChI is InChI=1S/C13H16BrIN2/c14-10-4-3-9(15)8-12(10)16-11-5-7-17-6-1-2-13(11)17/h3-4,8,11,13,16H,1-2,5-7H2. The molecule has 0 amide bonds. The van der Waals surface area contributed by atoms with E-state index in [-0.39, 0.29) is 0 Å². The lowest BCUT2D eigenvalue weighted by atomic mass is 10.1. The summed E-state index contributed by atoms with van der Waals surface area (Å²) in [7, 11) is 0. The first kappa shape index (κ1) is 12.2. The first-order chi connectivity index (χ1) is 8.24. The Labute approximate surface area is 124 Å². The summed E-state index contributed by atoms with van der Waals surface area (Å²) in [5, 5.41) is 3.73. The van der Waals surface area contributed by atoms with Crippen LogP contribution in [0.25, 0.3) is 0 Å². The van der Waals surface area contributed by atoms with Crippen LogP contribution < -0.4 is 5.32 Å². The molecule has 2 atom stereocenters. The fourth-order valence-corrected chi connectivity index (χ4v) is 3.91. The third-order valence-electron chi connectivity index (χ3n) is 3.88. The van der Waals surface area contributed by atoms with Crippen LogP contribution in [0.5, 0.6) is 0 Å². The monoisotopic (exact) mass is 406 g/mol. The minimum atomic E-state index is 0.631. The number of anilines is 1.